The van der Waals surface area contributed by atoms with Crippen LogP contribution in [0.15, 0.2) is 47.7 Å². The lowest BCUT2D eigenvalue weighted by atomic mass is 10.1. The van der Waals surface area contributed by atoms with Crippen molar-refractivity contribution in [3.63, 3.8) is 0 Å². The lowest BCUT2D eigenvalue weighted by molar-refractivity contribution is -0.139. The summed E-state index contributed by atoms with van der Waals surface area (Å²) >= 11 is 0. The SMILES string of the molecule is C=C1CO[C@@]2(C(=O)N(c3ccccc3)N=C2C)N1C(=O)OC(C)(C)C. The molecular formula is C18H21N3O4. The first-order valence-corrected chi connectivity index (χ1v) is 7.97. The van der Waals surface area contributed by atoms with Gasteiger partial charge < -0.3 is 9.47 Å². The van der Waals surface area contributed by atoms with Crippen LogP contribution in [0.4, 0.5) is 10.5 Å². The molecule has 3 rings (SSSR count). The molecule has 2 aliphatic rings. The molecule has 1 spiro atoms. The fourth-order valence-corrected chi connectivity index (χ4v) is 2.83. The summed E-state index contributed by atoms with van der Waals surface area (Å²) in [4.78, 5) is 27.0. The Morgan fingerprint density at radius 1 is 1.32 bits per heavy atom. The van der Waals surface area contributed by atoms with Crippen LogP contribution in [0.25, 0.3) is 0 Å². The highest BCUT2D eigenvalue weighted by atomic mass is 16.6. The maximum atomic E-state index is 13.2. The lowest BCUT2D eigenvalue weighted by Gasteiger charge is -2.33. The number of ether oxygens (including phenoxy) is 2. The van der Waals surface area contributed by atoms with Crippen LogP contribution in [-0.4, -0.2) is 40.5 Å². The molecule has 0 saturated carbocycles. The molecule has 1 aromatic rings. The minimum atomic E-state index is -1.64. The van der Waals surface area contributed by atoms with E-state index in [1.807, 2.05) is 6.07 Å². The molecule has 1 aromatic carbocycles. The quantitative estimate of drug-likeness (QED) is 0.786. The number of anilines is 1. The summed E-state index contributed by atoms with van der Waals surface area (Å²) in [6.07, 6.45) is -0.687. The number of carbonyl (C=O) groups excluding carboxylic acids is 2. The van der Waals surface area contributed by atoms with Crippen LogP contribution >= 0.6 is 0 Å². The molecule has 0 unspecified atom stereocenters. The van der Waals surface area contributed by atoms with Gasteiger partial charge in [0.05, 0.1) is 18.0 Å². The van der Waals surface area contributed by atoms with Crippen molar-refractivity contribution in [1.82, 2.24) is 4.90 Å². The van der Waals surface area contributed by atoms with E-state index in [0.717, 1.165) is 0 Å². The standard InChI is InChI=1S/C18H21N3O4/c1-12-11-24-18(20(12)16(23)25-17(3,4)5)13(2)19-21(15(18)22)14-9-7-6-8-10-14/h6-10H,1,11H2,2-5H3/t18-/m0/s1. The van der Waals surface area contributed by atoms with Crippen molar-refractivity contribution in [2.24, 2.45) is 5.10 Å². The number of benzene rings is 1. The fourth-order valence-electron chi connectivity index (χ4n) is 2.83. The number of rotatable bonds is 1. The number of nitrogens with zero attached hydrogens (tertiary/aromatic N) is 3. The van der Waals surface area contributed by atoms with Gasteiger partial charge in [0.15, 0.2) is 0 Å². The van der Waals surface area contributed by atoms with E-state index >= 15 is 0 Å². The van der Waals surface area contributed by atoms with Gasteiger partial charge >= 0.3 is 12.0 Å². The van der Waals surface area contributed by atoms with E-state index in [1.54, 1.807) is 52.0 Å². The summed E-state index contributed by atoms with van der Waals surface area (Å²) in [5.74, 6) is -0.472. The average Bonchev–Trinajstić information content (AvgIpc) is 3.00. The van der Waals surface area contributed by atoms with Gasteiger partial charge in [-0.25, -0.2) is 9.69 Å². The Bertz CT molecular complexity index is 766. The Labute approximate surface area is 146 Å². The third-order valence-electron chi connectivity index (χ3n) is 3.88. The Morgan fingerprint density at radius 3 is 2.56 bits per heavy atom. The van der Waals surface area contributed by atoms with Gasteiger partial charge in [0.25, 0.3) is 5.72 Å². The summed E-state index contributed by atoms with van der Waals surface area (Å²) in [5, 5.41) is 5.56. The molecule has 7 heteroatoms. The molecule has 0 aromatic heterocycles. The molecule has 132 valence electrons. The number of hydrogen-bond acceptors (Lipinski definition) is 5. The highest BCUT2D eigenvalue weighted by Gasteiger charge is 2.62. The molecule has 1 saturated heterocycles. The average molecular weight is 343 g/mol. The van der Waals surface area contributed by atoms with E-state index in [4.69, 9.17) is 9.47 Å². The number of carbonyl (C=O) groups is 2. The van der Waals surface area contributed by atoms with Gasteiger partial charge in [0.2, 0.25) is 0 Å². The van der Waals surface area contributed by atoms with Crippen LogP contribution < -0.4 is 5.01 Å². The van der Waals surface area contributed by atoms with Gasteiger partial charge in [-0.1, -0.05) is 24.8 Å². The minimum absolute atomic E-state index is 0.0421. The largest absolute Gasteiger partial charge is 0.443 e. The number of hydrazone groups is 1. The molecule has 7 nitrogen and oxygen atoms in total. The van der Waals surface area contributed by atoms with E-state index in [1.165, 1.54) is 9.91 Å². The van der Waals surface area contributed by atoms with Crippen LogP contribution in [-0.2, 0) is 14.3 Å². The molecular weight excluding hydrogens is 322 g/mol. The first-order valence-electron chi connectivity index (χ1n) is 7.97. The van der Waals surface area contributed by atoms with Gasteiger partial charge in [0, 0.05) is 5.70 Å². The van der Waals surface area contributed by atoms with Crippen LogP contribution in [0.5, 0.6) is 0 Å². The third-order valence-corrected chi connectivity index (χ3v) is 3.88. The zero-order chi connectivity index (χ0) is 18.4. The number of para-hydroxylation sites is 1. The lowest BCUT2D eigenvalue weighted by Crippen LogP contribution is -2.58. The molecule has 1 atom stereocenters. The maximum Gasteiger partial charge on any atom is 0.417 e. The summed E-state index contributed by atoms with van der Waals surface area (Å²) in [6.45, 7) is 10.8. The van der Waals surface area contributed by atoms with Crippen LogP contribution in [0.1, 0.15) is 27.7 Å². The zero-order valence-electron chi connectivity index (χ0n) is 14.8. The normalized spacial score (nSPS) is 23.4. The maximum absolute atomic E-state index is 13.2. The van der Waals surface area contributed by atoms with Crippen molar-refractivity contribution in [3.8, 4) is 0 Å². The second kappa shape index (κ2) is 5.70. The summed E-state index contributed by atoms with van der Waals surface area (Å²) in [6, 6.07) is 8.97. The second-order valence-corrected chi connectivity index (χ2v) is 6.95. The first-order chi connectivity index (χ1) is 11.7. The summed E-state index contributed by atoms with van der Waals surface area (Å²) < 4.78 is 11.2. The predicted octanol–water partition coefficient (Wildman–Crippen LogP) is 2.89. The summed E-state index contributed by atoms with van der Waals surface area (Å²) in [5.41, 5.74) is -1.06. The summed E-state index contributed by atoms with van der Waals surface area (Å²) in [7, 11) is 0. The highest BCUT2D eigenvalue weighted by molar-refractivity contribution is 6.22. The Hall–Kier alpha value is -2.67. The topological polar surface area (TPSA) is 71.4 Å². The van der Waals surface area contributed by atoms with Crippen molar-refractivity contribution in [2.45, 2.75) is 39.0 Å². The molecule has 0 aliphatic carbocycles. The molecule has 2 amide bonds. The van der Waals surface area contributed by atoms with Crippen molar-refractivity contribution in [3.05, 3.63) is 42.6 Å². The van der Waals surface area contributed by atoms with Gasteiger partial charge in [-0.3, -0.25) is 4.79 Å². The van der Waals surface area contributed by atoms with E-state index in [2.05, 4.69) is 11.7 Å². The minimum Gasteiger partial charge on any atom is -0.443 e. The predicted molar refractivity (Wildman–Crippen MR) is 92.9 cm³/mol. The van der Waals surface area contributed by atoms with Crippen molar-refractivity contribution in [2.75, 3.05) is 11.6 Å². The van der Waals surface area contributed by atoms with E-state index in [9.17, 15) is 9.59 Å². The highest BCUT2D eigenvalue weighted by Crippen LogP contribution is 2.39. The van der Waals surface area contributed by atoms with Gasteiger partial charge in [-0.2, -0.15) is 10.1 Å². The molecule has 25 heavy (non-hydrogen) atoms. The van der Waals surface area contributed by atoms with E-state index in [-0.39, 0.29) is 6.61 Å². The third kappa shape index (κ3) is 2.70. The van der Waals surface area contributed by atoms with Crippen molar-refractivity contribution in [1.29, 1.82) is 0 Å². The van der Waals surface area contributed by atoms with Gasteiger partial charge in [0.1, 0.15) is 5.60 Å². The van der Waals surface area contributed by atoms with E-state index in [0.29, 0.717) is 17.1 Å². The Kier molecular flexibility index (Phi) is 3.91. The second-order valence-electron chi connectivity index (χ2n) is 6.95. The molecule has 0 bridgehead atoms. The molecule has 2 heterocycles. The smallest absolute Gasteiger partial charge is 0.417 e. The number of hydrogen-bond donors (Lipinski definition) is 0. The van der Waals surface area contributed by atoms with Crippen molar-refractivity contribution < 1.29 is 19.1 Å². The molecule has 2 aliphatic heterocycles. The fraction of sp³-hybridized carbons (Fsp3) is 0.389. The zero-order valence-corrected chi connectivity index (χ0v) is 14.8. The Balaban J connectivity index is 2.00. The molecule has 1 fully saturated rings. The van der Waals surface area contributed by atoms with Crippen molar-refractivity contribution >= 4 is 23.4 Å². The monoisotopic (exact) mass is 343 g/mol. The van der Waals surface area contributed by atoms with E-state index < -0.39 is 23.3 Å². The molecule has 0 radical (unpaired) electrons. The van der Waals surface area contributed by atoms with Crippen LogP contribution in [0.2, 0.25) is 0 Å². The van der Waals surface area contributed by atoms with Gasteiger partial charge in [-0.15, -0.1) is 0 Å². The van der Waals surface area contributed by atoms with Gasteiger partial charge in [-0.05, 0) is 39.8 Å². The number of amides is 2. The van der Waals surface area contributed by atoms with Crippen LogP contribution in [0.3, 0.4) is 0 Å². The van der Waals surface area contributed by atoms with Crippen LogP contribution in [0, 0.1) is 0 Å². The Morgan fingerprint density at radius 2 is 1.96 bits per heavy atom. The molecule has 0 N–H and O–H groups in total. The first kappa shape index (κ1) is 17.2.